The minimum atomic E-state index is -0.179. The van der Waals surface area contributed by atoms with Gasteiger partial charge in [0.05, 0.1) is 11.4 Å². The first-order chi connectivity index (χ1) is 11.9. The van der Waals surface area contributed by atoms with Gasteiger partial charge in [-0.05, 0) is 45.6 Å². The maximum atomic E-state index is 13.2. The van der Waals surface area contributed by atoms with Gasteiger partial charge >= 0.3 is 0 Å². The lowest BCUT2D eigenvalue weighted by atomic mass is 9.93. The van der Waals surface area contributed by atoms with Crippen molar-refractivity contribution in [2.24, 2.45) is 5.92 Å². The van der Waals surface area contributed by atoms with E-state index in [-0.39, 0.29) is 36.1 Å². The Balaban J connectivity index is 2.12. The molecule has 1 aromatic heterocycles. The van der Waals surface area contributed by atoms with Crippen LogP contribution in [0.2, 0.25) is 0 Å². The van der Waals surface area contributed by atoms with Crippen molar-refractivity contribution in [2.45, 2.75) is 45.7 Å². The Morgan fingerprint density at radius 2 is 1.96 bits per heavy atom. The van der Waals surface area contributed by atoms with E-state index >= 15 is 0 Å². The topological polar surface area (TPSA) is 75.4 Å². The van der Waals surface area contributed by atoms with Crippen molar-refractivity contribution in [1.82, 2.24) is 14.7 Å². The Morgan fingerprint density at radius 1 is 1.28 bits per heavy atom. The van der Waals surface area contributed by atoms with Crippen LogP contribution in [-0.4, -0.2) is 44.9 Å². The molecule has 1 aliphatic rings. The quantitative estimate of drug-likeness (QED) is 0.927. The number of nitrogens with zero attached hydrogens (tertiary/aromatic N) is 3. The van der Waals surface area contributed by atoms with E-state index in [4.69, 9.17) is 0 Å². The smallest absolute Gasteiger partial charge is 0.275 e. The number of fused-ring (bicyclic) bond motifs is 1. The second-order valence-electron chi connectivity index (χ2n) is 7.17. The molecular formula is C19H25N3O3. The highest BCUT2D eigenvalue weighted by Gasteiger charge is 2.31. The lowest BCUT2D eigenvalue weighted by molar-refractivity contribution is 0.0482. The highest BCUT2D eigenvalue weighted by Crippen LogP contribution is 2.25. The molecule has 1 aromatic carbocycles. The molecule has 0 radical (unpaired) electrons. The van der Waals surface area contributed by atoms with Crippen LogP contribution in [0, 0.1) is 5.92 Å². The van der Waals surface area contributed by atoms with E-state index in [1.807, 2.05) is 26.8 Å². The fourth-order valence-electron chi connectivity index (χ4n) is 3.46. The first kappa shape index (κ1) is 17.6. The van der Waals surface area contributed by atoms with E-state index in [9.17, 15) is 14.7 Å². The number of hydrogen-bond acceptors (Lipinski definition) is 4. The number of hydrogen-bond donors (Lipinski definition) is 1. The van der Waals surface area contributed by atoms with E-state index in [0.29, 0.717) is 23.0 Å². The van der Waals surface area contributed by atoms with Gasteiger partial charge in [-0.2, -0.15) is 5.10 Å². The maximum Gasteiger partial charge on any atom is 0.275 e. The minimum Gasteiger partial charge on any atom is -0.396 e. The van der Waals surface area contributed by atoms with Crippen LogP contribution in [0.3, 0.4) is 0 Å². The zero-order valence-corrected chi connectivity index (χ0v) is 15.0. The molecule has 2 aromatic rings. The molecule has 6 nitrogen and oxygen atoms in total. The number of aliphatic hydroxyl groups excluding tert-OH is 1. The predicted octanol–water partition coefficient (Wildman–Crippen LogP) is 2.21. The van der Waals surface area contributed by atoms with Gasteiger partial charge in [0, 0.05) is 24.6 Å². The van der Waals surface area contributed by atoms with Crippen LogP contribution in [-0.2, 0) is 0 Å². The van der Waals surface area contributed by atoms with Gasteiger partial charge in [0.1, 0.15) is 0 Å². The van der Waals surface area contributed by atoms with E-state index in [0.717, 1.165) is 12.8 Å². The number of rotatable bonds is 3. The zero-order valence-electron chi connectivity index (χ0n) is 15.0. The third kappa shape index (κ3) is 3.18. The molecule has 0 bridgehead atoms. The van der Waals surface area contributed by atoms with Crippen LogP contribution in [0.15, 0.2) is 29.1 Å². The van der Waals surface area contributed by atoms with Gasteiger partial charge in [0.15, 0.2) is 5.69 Å². The molecule has 1 N–H and O–H groups in total. The predicted molar refractivity (Wildman–Crippen MR) is 96.7 cm³/mol. The van der Waals surface area contributed by atoms with Crippen LogP contribution in [0.5, 0.6) is 0 Å². The van der Waals surface area contributed by atoms with Crippen molar-refractivity contribution in [3.05, 3.63) is 40.3 Å². The third-order valence-electron chi connectivity index (χ3n) is 5.02. The molecule has 134 valence electrons. The summed E-state index contributed by atoms with van der Waals surface area (Å²) in [6.07, 6.45) is 1.78. The number of likely N-dealkylation sites (tertiary alicyclic amines) is 1. The summed E-state index contributed by atoms with van der Waals surface area (Å²) in [5.74, 6) is -0.0707. The molecule has 0 aliphatic carbocycles. The van der Waals surface area contributed by atoms with E-state index in [1.54, 1.807) is 23.1 Å². The maximum absolute atomic E-state index is 13.2. The highest BCUT2D eigenvalue weighted by molar-refractivity contribution is 6.04. The molecular weight excluding hydrogens is 318 g/mol. The van der Waals surface area contributed by atoms with Crippen molar-refractivity contribution in [2.75, 3.05) is 13.2 Å². The number of amides is 1. The fraction of sp³-hybridized carbons (Fsp3) is 0.526. The summed E-state index contributed by atoms with van der Waals surface area (Å²) in [5.41, 5.74) is 0.136. The van der Waals surface area contributed by atoms with E-state index < -0.39 is 0 Å². The molecule has 25 heavy (non-hydrogen) atoms. The number of carbonyl (C=O) groups excluding carboxylic acids is 1. The molecule has 0 saturated carbocycles. The third-order valence-corrected chi connectivity index (χ3v) is 5.02. The van der Waals surface area contributed by atoms with Crippen molar-refractivity contribution in [3.8, 4) is 0 Å². The first-order valence-electron chi connectivity index (χ1n) is 8.87. The van der Waals surface area contributed by atoms with Crippen LogP contribution in [0.1, 0.15) is 50.1 Å². The van der Waals surface area contributed by atoms with Gasteiger partial charge in [0.25, 0.3) is 11.5 Å². The van der Waals surface area contributed by atoms with Crippen LogP contribution >= 0.6 is 0 Å². The van der Waals surface area contributed by atoms with Crippen LogP contribution in [0.4, 0.5) is 0 Å². The zero-order chi connectivity index (χ0) is 18.1. The van der Waals surface area contributed by atoms with Crippen molar-refractivity contribution >= 4 is 16.7 Å². The molecule has 1 aliphatic heterocycles. The summed E-state index contributed by atoms with van der Waals surface area (Å²) in [6, 6.07) is 7.09. The summed E-state index contributed by atoms with van der Waals surface area (Å²) in [5, 5.41) is 15.0. The fourth-order valence-corrected chi connectivity index (χ4v) is 3.46. The van der Waals surface area contributed by atoms with Crippen molar-refractivity contribution < 1.29 is 9.90 Å². The van der Waals surface area contributed by atoms with Gasteiger partial charge in [-0.1, -0.05) is 18.2 Å². The Hall–Kier alpha value is -2.21. The molecule has 2 atom stereocenters. The van der Waals surface area contributed by atoms with Gasteiger partial charge in [-0.15, -0.1) is 0 Å². The number of benzene rings is 1. The Labute approximate surface area is 147 Å². The number of aliphatic hydroxyl groups is 1. The van der Waals surface area contributed by atoms with Gasteiger partial charge in [0.2, 0.25) is 0 Å². The molecule has 1 amide bonds. The molecule has 1 fully saturated rings. The largest absolute Gasteiger partial charge is 0.396 e. The average Bonchev–Trinajstić information content (AvgIpc) is 2.62. The van der Waals surface area contributed by atoms with Gasteiger partial charge in [-0.25, -0.2) is 4.68 Å². The second kappa shape index (κ2) is 6.96. The molecule has 6 heteroatoms. The standard InChI is InChI=1S/C19H25N3O3/c1-12(2)22-18(24)16-7-5-4-6-15(16)17(20-22)19(25)21-10-14(11-23)9-8-13(21)3/h4-7,12-14,23H,8-11H2,1-3H3. The number of carbonyl (C=O) groups is 1. The molecule has 0 spiro atoms. The summed E-state index contributed by atoms with van der Waals surface area (Å²) < 4.78 is 1.38. The summed E-state index contributed by atoms with van der Waals surface area (Å²) >= 11 is 0. The van der Waals surface area contributed by atoms with E-state index in [2.05, 4.69) is 5.10 Å². The number of aromatic nitrogens is 2. The Bertz CT molecular complexity index is 843. The normalized spacial score (nSPS) is 21.1. The SMILES string of the molecule is CC1CCC(CO)CN1C(=O)c1nn(C(C)C)c(=O)c2ccccc12. The molecule has 2 heterocycles. The average molecular weight is 343 g/mol. The van der Waals surface area contributed by atoms with Crippen LogP contribution < -0.4 is 5.56 Å². The summed E-state index contributed by atoms with van der Waals surface area (Å²) in [7, 11) is 0. The number of piperidine rings is 1. The van der Waals surface area contributed by atoms with E-state index in [1.165, 1.54) is 4.68 Å². The summed E-state index contributed by atoms with van der Waals surface area (Å²) in [6.45, 7) is 6.38. The molecule has 2 unspecified atom stereocenters. The van der Waals surface area contributed by atoms with Crippen LogP contribution in [0.25, 0.3) is 10.8 Å². The van der Waals surface area contributed by atoms with Gasteiger partial charge in [-0.3, -0.25) is 9.59 Å². The lowest BCUT2D eigenvalue weighted by Gasteiger charge is -2.37. The van der Waals surface area contributed by atoms with Crippen molar-refractivity contribution in [3.63, 3.8) is 0 Å². The Kier molecular flexibility index (Phi) is 4.90. The van der Waals surface area contributed by atoms with Crippen molar-refractivity contribution in [1.29, 1.82) is 0 Å². The Morgan fingerprint density at radius 3 is 2.60 bits per heavy atom. The first-order valence-corrected chi connectivity index (χ1v) is 8.87. The van der Waals surface area contributed by atoms with Gasteiger partial charge < -0.3 is 10.0 Å². The molecule has 3 rings (SSSR count). The summed E-state index contributed by atoms with van der Waals surface area (Å²) in [4.78, 5) is 27.7. The minimum absolute atomic E-state index is 0.0795. The second-order valence-corrected chi connectivity index (χ2v) is 7.17. The monoisotopic (exact) mass is 343 g/mol. The highest BCUT2D eigenvalue weighted by atomic mass is 16.3. The molecule has 1 saturated heterocycles. The lowest BCUT2D eigenvalue weighted by Crippen LogP contribution is -2.47.